The molecule has 0 unspecified atom stereocenters. The maximum Gasteiger partial charge on any atom is 0.340 e. The summed E-state index contributed by atoms with van der Waals surface area (Å²) in [5.74, 6) is -1.01. The van der Waals surface area contributed by atoms with E-state index in [-0.39, 0.29) is 10.7 Å². The second kappa shape index (κ2) is 4.46. The molecule has 0 fully saturated rings. The van der Waals surface area contributed by atoms with E-state index in [1.165, 1.54) is 0 Å². The van der Waals surface area contributed by atoms with Crippen LogP contribution in [0.1, 0.15) is 36.3 Å². The molecule has 4 nitrogen and oxygen atoms in total. The zero-order chi connectivity index (χ0) is 10.7. The topological polar surface area (TPSA) is 55.1 Å². The molecule has 78 valence electrons. The Kier molecular flexibility index (Phi) is 3.52. The molecule has 14 heavy (non-hydrogen) atoms. The molecule has 0 aromatic carbocycles. The highest BCUT2D eigenvalue weighted by Gasteiger charge is 2.20. The number of hydrogen-bond donors (Lipinski definition) is 1. The van der Waals surface area contributed by atoms with Gasteiger partial charge in [-0.25, -0.2) is 4.79 Å². The predicted molar refractivity (Wildman–Crippen MR) is 53.9 cm³/mol. The minimum absolute atomic E-state index is 0.141. The molecule has 1 heterocycles. The third-order valence-electron chi connectivity index (χ3n) is 1.95. The first kappa shape index (κ1) is 11.0. The van der Waals surface area contributed by atoms with Crippen molar-refractivity contribution in [1.82, 2.24) is 9.78 Å². The van der Waals surface area contributed by atoms with E-state index < -0.39 is 5.97 Å². The van der Waals surface area contributed by atoms with Gasteiger partial charge >= 0.3 is 5.97 Å². The Morgan fingerprint density at radius 2 is 2.21 bits per heavy atom. The van der Waals surface area contributed by atoms with Crippen molar-refractivity contribution >= 4 is 17.6 Å². The van der Waals surface area contributed by atoms with Gasteiger partial charge in [0, 0.05) is 6.54 Å². The molecule has 0 atom stereocenters. The Bertz CT molecular complexity index is 347. The van der Waals surface area contributed by atoms with Crippen molar-refractivity contribution in [1.29, 1.82) is 0 Å². The van der Waals surface area contributed by atoms with Gasteiger partial charge in [0.2, 0.25) is 0 Å². The number of carboxylic acid groups (broad SMARTS) is 1. The zero-order valence-electron chi connectivity index (χ0n) is 8.25. The molecule has 5 heteroatoms. The van der Waals surface area contributed by atoms with Crippen molar-refractivity contribution in [2.45, 2.75) is 33.2 Å². The number of halogens is 1. The third-order valence-corrected chi connectivity index (χ3v) is 2.33. The maximum atomic E-state index is 10.9. The minimum atomic E-state index is -1.01. The average molecular weight is 217 g/mol. The minimum Gasteiger partial charge on any atom is -0.478 e. The van der Waals surface area contributed by atoms with Gasteiger partial charge in [-0.05, 0) is 12.8 Å². The fourth-order valence-corrected chi connectivity index (χ4v) is 1.62. The van der Waals surface area contributed by atoms with Crippen LogP contribution in [0.25, 0.3) is 0 Å². The Hall–Kier alpha value is -1.03. The van der Waals surface area contributed by atoms with Crippen molar-refractivity contribution in [3.05, 3.63) is 16.4 Å². The smallest absolute Gasteiger partial charge is 0.340 e. The molecule has 0 aliphatic rings. The van der Waals surface area contributed by atoms with Crippen LogP contribution in [0.5, 0.6) is 0 Å². The predicted octanol–water partition coefficient (Wildman–Crippen LogP) is 2.21. The van der Waals surface area contributed by atoms with Gasteiger partial charge in [-0.15, -0.1) is 0 Å². The first-order chi connectivity index (χ1) is 6.61. The summed E-state index contributed by atoms with van der Waals surface area (Å²) in [6.07, 6.45) is 1.46. The van der Waals surface area contributed by atoms with E-state index in [4.69, 9.17) is 16.7 Å². The Morgan fingerprint density at radius 1 is 1.57 bits per heavy atom. The summed E-state index contributed by atoms with van der Waals surface area (Å²) < 4.78 is 1.55. The zero-order valence-corrected chi connectivity index (χ0v) is 9.01. The second-order valence-electron chi connectivity index (χ2n) is 2.99. The third kappa shape index (κ3) is 1.90. The van der Waals surface area contributed by atoms with Gasteiger partial charge in [-0.1, -0.05) is 25.4 Å². The number of carbonyl (C=O) groups is 1. The highest BCUT2D eigenvalue weighted by molar-refractivity contribution is 6.32. The van der Waals surface area contributed by atoms with Crippen LogP contribution in [0, 0.1) is 0 Å². The molecule has 1 aromatic rings. The summed E-state index contributed by atoms with van der Waals surface area (Å²) in [6, 6.07) is 0. The van der Waals surface area contributed by atoms with Crippen LogP contribution in [-0.2, 0) is 13.0 Å². The average Bonchev–Trinajstić information content (AvgIpc) is 2.44. The summed E-state index contributed by atoms with van der Waals surface area (Å²) >= 11 is 5.90. The van der Waals surface area contributed by atoms with E-state index in [1.54, 1.807) is 4.68 Å². The van der Waals surface area contributed by atoms with Gasteiger partial charge in [0.1, 0.15) is 10.7 Å². The number of aromatic carboxylic acids is 1. The lowest BCUT2D eigenvalue weighted by Gasteiger charge is -1.98. The van der Waals surface area contributed by atoms with Gasteiger partial charge in [-0.3, -0.25) is 4.68 Å². The van der Waals surface area contributed by atoms with Gasteiger partial charge in [0.15, 0.2) is 0 Å². The van der Waals surface area contributed by atoms with Crippen molar-refractivity contribution in [2.75, 3.05) is 0 Å². The van der Waals surface area contributed by atoms with Crippen molar-refractivity contribution in [3.63, 3.8) is 0 Å². The van der Waals surface area contributed by atoms with Crippen LogP contribution in [0.15, 0.2) is 0 Å². The van der Waals surface area contributed by atoms with E-state index in [9.17, 15) is 4.79 Å². The highest BCUT2D eigenvalue weighted by Crippen LogP contribution is 2.20. The number of carboxylic acids is 1. The first-order valence-corrected chi connectivity index (χ1v) is 4.98. The fraction of sp³-hybridized carbons (Fsp3) is 0.556. The molecule has 0 saturated carbocycles. The van der Waals surface area contributed by atoms with Gasteiger partial charge in [-0.2, -0.15) is 5.10 Å². The molecule has 1 N–H and O–H groups in total. The number of rotatable bonds is 4. The molecule has 0 amide bonds. The Balaban J connectivity index is 3.18. The lowest BCUT2D eigenvalue weighted by atomic mass is 10.2. The largest absolute Gasteiger partial charge is 0.478 e. The quantitative estimate of drug-likeness (QED) is 0.840. The Morgan fingerprint density at radius 3 is 2.57 bits per heavy atom. The maximum absolute atomic E-state index is 10.9. The molecule has 0 bridgehead atoms. The lowest BCUT2D eigenvalue weighted by molar-refractivity contribution is 0.0696. The number of aromatic nitrogens is 2. The van der Waals surface area contributed by atoms with Crippen molar-refractivity contribution in [2.24, 2.45) is 0 Å². The second-order valence-corrected chi connectivity index (χ2v) is 3.35. The summed E-state index contributed by atoms with van der Waals surface area (Å²) in [4.78, 5) is 10.9. The van der Waals surface area contributed by atoms with Crippen LogP contribution in [0.2, 0.25) is 5.15 Å². The van der Waals surface area contributed by atoms with Gasteiger partial charge < -0.3 is 5.11 Å². The van der Waals surface area contributed by atoms with E-state index in [1.807, 2.05) is 13.8 Å². The summed E-state index contributed by atoms with van der Waals surface area (Å²) in [5, 5.41) is 13.3. The summed E-state index contributed by atoms with van der Waals surface area (Å²) in [7, 11) is 0. The normalized spacial score (nSPS) is 10.5. The number of nitrogens with zero attached hydrogens (tertiary/aromatic N) is 2. The standard InChI is InChI=1S/C9H13ClN2O2/c1-3-5-12-8(10)7(9(13)14)6(4-2)11-12/h3-5H2,1-2H3,(H,13,14). The van der Waals surface area contributed by atoms with Crippen molar-refractivity contribution < 1.29 is 9.90 Å². The van der Waals surface area contributed by atoms with E-state index in [0.717, 1.165) is 6.42 Å². The van der Waals surface area contributed by atoms with Crippen LogP contribution < -0.4 is 0 Å². The SMILES string of the molecule is CCCn1nc(CC)c(C(=O)O)c1Cl. The number of hydrogen-bond acceptors (Lipinski definition) is 2. The molecule has 0 aliphatic heterocycles. The molecule has 0 spiro atoms. The first-order valence-electron chi connectivity index (χ1n) is 4.60. The van der Waals surface area contributed by atoms with Gasteiger partial charge in [0.25, 0.3) is 0 Å². The van der Waals surface area contributed by atoms with Crippen LogP contribution in [-0.4, -0.2) is 20.9 Å². The fourth-order valence-electron chi connectivity index (χ4n) is 1.31. The molecular weight excluding hydrogens is 204 g/mol. The lowest BCUT2D eigenvalue weighted by Crippen LogP contribution is -2.00. The van der Waals surface area contributed by atoms with E-state index in [0.29, 0.717) is 18.7 Å². The van der Waals surface area contributed by atoms with Crippen molar-refractivity contribution in [3.8, 4) is 0 Å². The number of aryl methyl sites for hydroxylation is 2. The van der Waals surface area contributed by atoms with Gasteiger partial charge in [0.05, 0.1) is 5.69 Å². The molecule has 1 aromatic heterocycles. The van der Waals surface area contributed by atoms with Crippen LogP contribution >= 0.6 is 11.6 Å². The molecule has 0 radical (unpaired) electrons. The van der Waals surface area contributed by atoms with E-state index >= 15 is 0 Å². The van der Waals surface area contributed by atoms with Crippen LogP contribution in [0.3, 0.4) is 0 Å². The van der Waals surface area contributed by atoms with Crippen LogP contribution in [0.4, 0.5) is 0 Å². The highest BCUT2D eigenvalue weighted by atomic mass is 35.5. The molecule has 0 saturated heterocycles. The molecule has 0 aliphatic carbocycles. The summed E-state index contributed by atoms with van der Waals surface area (Å²) in [6.45, 7) is 4.50. The monoisotopic (exact) mass is 216 g/mol. The van der Waals surface area contributed by atoms with E-state index in [2.05, 4.69) is 5.10 Å². The Labute approximate surface area is 87.5 Å². The molecule has 1 rings (SSSR count). The molecular formula is C9H13ClN2O2. The summed E-state index contributed by atoms with van der Waals surface area (Å²) in [5.41, 5.74) is 0.693.